The molecule has 0 radical (unpaired) electrons. The summed E-state index contributed by atoms with van der Waals surface area (Å²) < 4.78 is 1.08. The van der Waals surface area contributed by atoms with Crippen LogP contribution in [0, 0.1) is 6.92 Å². The molecule has 0 saturated heterocycles. The summed E-state index contributed by atoms with van der Waals surface area (Å²) in [4.78, 5) is 0. The van der Waals surface area contributed by atoms with Gasteiger partial charge in [-0.3, -0.25) is 0 Å². The molecule has 0 saturated carbocycles. The lowest BCUT2D eigenvalue weighted by molar-refractivity contribution is 0.596. The molecule has 21 heavy (non-hydrogen) atoms. The Labute approximate surface area is 144 Å². The fourth-order valence-corrected chi connectivity index (χ4v) is 3.00. The summed E-state index contributed by atoms with van der Waals surface area (Å²) in [5.41, 5.74) is 3.62. The molecule has 0 amide bonds. The van der Waals surface area contributed by atoms with Crippen LogP contribution >= 0.6 is 39.1 Å². The molecule has 0 bridgehead atoms. The molecule has 4 heteroatoms. The van der Waals surface area contributed by atoms with E-state index in [1.165, 1.54) is 11.1 Å². The summed E-state index contributed by atoms with van der Waals surface area (Å²) in [7, 11) is 0. The Morgan fingerprint density at radius 1 is 1.10 bits per heavy atom. The van der Waals surface area contributed by atoms with E-state index in [1.807, 2.05) is 18.2 Å². The van der Waals surface area contributed by atoms with E-state index in [0.29, 0.717) is 10.0 Å². The highest BCUT2D eigenvalue weighted by Crippen LogP contribution is 2.31. The molecule has 2 rings (SSSR count). The van der Waals surface area contributed by atoms with Crippen LogP contribution < -0.4 is 5.32 Å². The monoisotopic (exact) mass is 385 g/mol. The number of rotatable bonds is 5. The predicted octanol–water partition coefficient (Wildman–Crippen LogP) is 6.15. The Bertz CT molecular complexity index is 628. The van der Waals surface area contributed by atoms with Crippen molar-refractivity contribution in [3.8, 4) is 0 Å². The maximum Gasteiger partial charge on any atom is 0.0595 e. The second kappa shape index (κ2) is 7.64. The maximum absolute atomic E-state index is 6.18. The van der Waals surface area contributed by atoms with E-state index < -0.39 is 0 Å². The van der Waals surface area contributed by atoms with Crippen LogP contribution in [-0.4, -0.2) is 6.54 Å². The second-order valence-electron chi connectivity index (χ2n) is 5.06. The van der Waals surface area contributed by atoms with E-state index in [4.69, 9.17) is 23.2 Å². The Morgan fingerprint density at radius 3 is 2.52 bits per heavy atom. The van der Waals surface area contributed by atoms with Crippen LogP contribution in [0.15, 0.2) is 40.9 Å². The third-order valence-electron chi connectivity index (χ3n) is 3.43. The number of nitrogens with one attached hydrogen (secondary N) is 1. The zero-order valence-corrected chi connectivity index (χ0v) is 15.2. The fourth-order valence-electron chi connectivity index (χ4n) is 2.31. The van der Waals surface area contributed by atoms with Gasteiger partial charge in [0.25, 0.3) is 0 Å². The zero-order chi connectivity index (χ0) is 15.4. The smallest absolute Gasteiger partial charge is 0.0595 e. The maximum atomic E-state index is 6.18. The van der Waals surface area contributed by atoms with Crippen molar-refractivity contribution >= 4 is 39.1 Å². The number of halogens is 3. The highest BCUT2D eigenvalue weighted by atomic mass is 79.9. The van der Waals surface area contributed by atoms with Crippen LogP contribution in [-0.2, 0) is 0 Å². The number of hydrogen-bond acceptors (Lipinski definition) is 1. The molecule has 0 fully saturated rings. The van der Waals surface area contributed by atoms with Gasteiger partial charge in [-0.1, -0.05) is 58.2 Å². The summed E-state index contributed by atoms with van der Waals surface area (Å²) >= 11 is 15.8. The van der Waals surface area contributed by atoms with Crippen LogP contribution in [0.3, 0.4) is 0 Å². The van der Waals surface area contributed by atoms with E-state index in [0.717, 1.165) is 23.0 Å². The fraction of sp³-hybridized carbons (Fsp3) is 0.294. The average molecular weight is 387 g/mol. The molecule has 1 nitrogen and oxygen atoms in total. The quantitative estimate of drug-likeness (QED) is 0.649. The zero-order valence-electron chi connectivity index (χ0n) is 12.1. The SMILES string of the molecule is CCCNC(c1ccc(Cl)c(Cl)c1)c1cc(Br)ccc1C. The minimum absolute atomic E-state index is 0.109. The highest BCUT2D eigenvalue weighted by Gasteiger charge is 2.17. The van der Waals surface area contributed by atoms with Crippen LogP contribution in [0.5, 0.6) is 0 Å². The molecular weight excluding hydrogens is 369 g/mol. The molecule has 0 spiro atoms. The van der Waals surface area contributed by atoms with Crippen molar-refractivity contribution < 1.29 is 0 Å². The van der Waals surface area contributed by atoms with Gasteiger partial charge < -0.3 is 5.32 Å². The lowest BCUT2D eigenvalue weighted by Crippen LogP contribution is -2.24. The highest BCUT2D eigenvalue weighted by molar-refractivity contribution is 9.10. The minimum Gasteiger partial charge on any atom is -0.306 e. The van der Waals surface area contributed by atoms with E-state index in [1.54, 1.807) is 0 Å². The average Bonchev–Trinajstić information content (AvgIpc) is 2.46. The van der Waals surface area contributed by atoms with Crippen molar-refractivity contribution in [2.75, 3.05) is 6.54 Å². The molecule has 2 aromatic rings. The third kappa shape index (κ3) is 4.23. The van der Waals surface area contributed by atoms with Crippen molar-refractivity contribution in [3.63, 3.8) is 0 Å². The molecule has 2 aromatic carbocycles. The van der Waals surface area contributed by atoms with Crippen molar-refractivity contribution in [3.05, 3.63) is 67.6 Å². The van der Waals surface area contributed by atoms with Gasteiger partial charge in [0.15, 0.2) is 0 Å². The van der Waals surface area contributed by atoms with Gasteiger partial charge in [-0.15, -0.1) is 0 Å². The molecular formula is C17H18BrCl2N. The van der Waals surface area contributed by atoms with Gasteiger partial charge in [-0.05, 0) is 60.8 Å². The van der Waals surface area contributed by atoms with Gasteiger partial charge in [0.2, 0.25) is 0 Å². The normalized spacial score (nSPS) is 12.4. The summed E-state index contributed by atoms with van der Waals surface area (Å²) in [5, 5.41) is 4.77. The Hall–Kier alpha value is -0.540. The van der Waals surface area contributed by atoms with Crippen molar-refractivity contribution in [2.45, 2.75) is 26.3 Å². The number of hydrogen-bond donors (Lipinski definition) is 1. The van der Waals surface area contributed by atoms with Gasteiger partial charge in [-0.2, -0.15) is 0 Å². The van der Waals surface area contributed by atoms with Crippen LogP contribution in [0.4, 0.5) is 0 Å². The van der Waals surface area contributed by atoms with E-state index in [9.17, 15) is 0 Å². The largest absolute Gasteiger partial charge is 0.306 e. The molecule has 0 aliphatic rings. The van der Waals surface area contributed by atoms with E-state index in [2.05, 4.69) is 53.3 Å². The third-order valence-corrected chi connectivity index (χ3v) is 4.66. The Morgan fingerprint density at radius 2 is 1.86 bits per heavy atom. The van der Waals surface area contributed by atoms with Crippen molar-refractivity contribution in [1.29, 1.82) is 0 Å². The molecule has 1 unspecified atom stereocenters. The van der Waals surface area contributed by atoms with E-state index >= 15 is 0 Å². The lowest BCUT2D eigenvalue weighted by Gasteiger charge is -2.22. The molecule has 112 valence electrons. The first-order valence-electron chi connectivity index (χ1n) is 6.97. The van der Waals surface area contributed by atoms with Crippen LogP contribution in [0.25, 0.3) is 0 Å². The molecule has 1 N–H and O–H groups in total. The first-order chi connectivity index (χ1) is 10.0. The standard InChI is InChI=1S/C17H18BrCl2N/c1-3-8-21-17(12-5-7-15(19)16(20)9-12)14-10-13(18)6-4-11(14)2/h4-7,9-10,17,21H,3,8H2,1-2H3. The van der Waals surface area contributed by atoms with Crippen molar-refractivity contribution in [1.82, 2.24) is 5.32 Å². The molecule has 0 aromatic heterocycles. The number of benzene rings is 2. The van der Waals surface area contributed by atoms with Gasteiger partial charge >= 0.3 is 0 Å². The second-order valence-corrected chi connectivity index (χ2v) is 6.79. The van der Waals surface area contributed by atoms with E-state index in [-0.39, 0.29) is 6.04 Å². The lowest BCUT2D eigenvalue weighted by atomic mass is 9.95. The summed E-state index contributed by atoms with van der Waals surface area (Å²) in [6, 6.07) is 12.3. The first-order valence-corrected chi connectivity index (χ1v) is 8.52. The Kier molecular flexibility index (Phi) is 6.12. The predicted molar refractivity (Wildman–Crippen MR) is 95.5 cm³/mol. The van der Waals surface area contributed by atoms with Gasteiger partial charge in [0.1, 0.15) is 0 Å². The first kappa shape index (κ1) is 16.8. The summed E-state index contributed by atoms with van der Waals surface area (Å²) in [5.74, 6) is 0. The molecule has 0 heterocycles. The molecule has 1 atom stereocenters. The van der Waals surface area contributed by atoms with Crippen molar-refractivity contribution in [2.24, 2.45) is 0 Å². The Balaban J connectivity index is 2.46. The minimum atomic E-state index is 0.109. The topological polar surface area (TPSA) is 12.0 Å². The van der Waals surface area contributed by atoms with Gasteiger partial charge in [0.05, 0.1) is 16.1 Å². The molecule has 0 aliphatic heterocycles. The van der Waals surface area contributed by atoms with Crippen LogP contribution in [0.1, 0.15) is 36.1 Å². The summed E-state index contributed by atoms with van der Waals surface area (Å²) in [6.45, 7) is 5.23. The van der Waals surface area contributed by atoms with Gasteiger partial charge in [-0.25, -0.2) is 0 Å². The van der Waals surface area contributed by atoms with Crippen LogP contribution in [0.2, 0.25) is 10.0 Å². The van der Waals surface area contributed by atoms with Gasteiger partial charge in [0, 0.05) is 4.47 Å². The number of aryl methyl sites for hydroxylation is 1. The molecule has 0 aliphatic carbocycles. The summed E-state index contributed by atoms with van der Waals surface area (Å²) in [6.07, 6.45) is 1.07.